The Balaban J connectivity index is 1.55. The minimum absolute atomic E-state index is 0.0865. The van der Waals surface area contributed by atoms with Crippen molar-refractivity contribution in [1.82, 2.24) is 9.97 Å². The van der Waals surface area contributed by atoms with Crippen LogP contribution in [-0.2, 0) is 17.6 Å². The van der Waals surface area contributed by atoms with Crippen LogP contribution in [-0.4, -0.2) is 26.2 Å². The first kappa shape index (κ1) is 17.3. The summed E-state index contributed by atoms with van der Waals surface area (Å²) < 4.78 is 0. The highest BCUT2D eigenvalue weighted by Gasteiger charge is 2.23. The number of thiophene rings is 1. The average Bonchev–Trinajstić information content (AvgIpc) is 3.03. The van der Waals surface area contributed by atoms with E-state index in [1.165, 1.54) is 35.0 Å². The van der Waals surface area contributed by atoms with Crippen molar-refractivity contribution in [2.45, 2.75) is 42.9 Å². The lowest BCUT2D eigenvalue weighted by atomic mass is 9.97. The first-order valence-electron chi connectivity index (χ1n) is 8.63. The molecule has 0 radical (unpaired) electrons. The van der Waals surface area contributed by atoms with Crippen LogP contribution < -0.4 is 5.32 Å². The van der Waals surface area contributed by atoms with E-state index in [2.05, 4.69) is 15.3 Å². The summed E-state index contributed by atoms with van der Waals surface area (Å²) in [7, 11) is 0. The molecular weight excluding hydrogens is 366 g/mol. The Morgan fingerprint density at radius 2 is 2.00 bits per heavy atom. The number of carbonyl (C=O) groups excluding carboxylic acids is 1. The van der Waals surface area contributed by atoms with Crippen molar-refractivity contribution < 1.29 is 9.90 Å². The number of fused-ring (bicyclic) bond motifs is 3. The van der Waals surface area contributed by atoms with E-state index < -0.39 is 0 Å². The summed E-state index contributed by atoms with van der Waals surface area (Å²) in [6, 6.07) is 6.48. The number of phenols is 1. The van der Waals surface area contributed by atoms with E-state index in [0.29, 0.717) is 5.69 Å². The van der Waals surface area contributed by atoms with Gasteiger partial charge in [-0.2, -0.15) is 0 Å². The van der Waals surface area contributed by atoms with Crippen LogP contribution in [0.3, 0.4) is 0 Å². The molecule has 4 rings (SSSR count). The van der Waals surface area contributed by atoms with Crippen molar-refractivity contribution in [2.24, 2.45) is 0 Å². The van der Waals surface area contributed by atoms with Gasteiger partial charge >= 0.3 is 0 Å². The number of thioether (sulfide) groups is 1. The van der Waals surface area contributed by atoms with Crippen LogP contribution in [0.5, 0.6) is 5.75 Å². The zero-order valence-corrected chi connectivity index (χ0v) is 16.0. The number of benzene rings is 1. The number of hydrogen-bond donors (Lipinski definition) is 2. The quantitative estimate of drug-likeness (QED) is 0.396. The van der Waals surface area contributed by atoms with Gasteiger partial charge in [0, 0.05) is 16.0 Å². The third kappa shape index (κ3) is 3.41. The molecule has 0 spiro atoms. The molecule has 0 saturated heterocycles. The largest absolute Gasteiger partial charge is 0.508 e. The molecule has 1 aliphatic carbocycles. The van der Waals surface area contributed by atoms with E-state index in [4.69, 9.17) is 0 Å². The molecule has 26 heavy (non-hydrogen) atoms. The normalized spacial score (nSPS) is 14.8. The van der Waals surface area contributed by atoms with Gasteiger partial charge in [-0.15, -0.1) is 11.3 Å². The number of anilines is 1. The number of nitrogens with zero attached hydrogens (tertiary/aromatic N) is 2. The van der Waals surface area contributed by atoms with Crippen molar-refractivity contribution in [1.29, 1.82) is 0 Å². The molecule has 2 heterocycles. The minimum atomic E-state index is -0.291. The molecule has 3 aromatic rings. The second-order valence-electron chi connectivity index (χ2n) is 6.37. The monoisotopic (exact) mass is 385 g/mol. The van der Waals surface area contributed by atoms with Crippen LogP contribution in [0.2, 0.25) is 0 Å². The summed E-state index contributed by atoms with van der Waals surface area (Å²) >= 11 is 3.24. The van der Waals surface area contributed by atoms with Crippen molar-refractivity contribution >= 4 is 44.9 Å². The minimum Gasteiger partial charge on any atom is -0.508 e. The van der Waals surface area contributed by atoms with E-state index >= 15 is 0 Å². The maximum Gasteiger partial charge on any atom is 0.237 e. The maximum absolute atomic E-state index is 12.5. The highest BCUT2D eigenvalue weighted by Crippen LogP contribution is 2.40. The van der Waals surface area contributed by atoms with Gasteiger partial charge in [0.2, 0.25) is 5.91 Å². The van der Waals surface area contributed by atoms with Gasteiger partial charge in [-0.05, 0) is 62.4 Å². The fourth-order valence-electron chi connectivity index (χ4n) is 3.16. The van der Waals surface area contributed by atoms with Crippen LogP contribution in [0.15, 0.2) is 35.6 Å². The summed E-state index contributed by atoms with van der Waals surface area (Å²) in [5, 5.41) is 14.0. The molecule has 7 heteroatoms. The molecule has 0 aliphatic heterocycles. The topological polar surface area (TPSA) is 75.1 Å². The molecule has 1 amide bonds. The van der Waals surface area contributed by atoms with Gasteiger partial charge < -0.3 is 10.4 Å². The summed E-state index contributed by atoms with van der Waals surface area (Å²) in [5.74, 6) is 0.0904. The zero-order valence-electron chi connectivity index (χ0n) is 14.4. The molecular formula is C19H19N3O2S2. The standard InChI is InChI=1S/C19H19N3O2S2/c1-11(17(24)22-12-6-8-13(23)9-7-12)25-18-16-14-4-2-3-5-15(14)26-19(16)21-10-20-18/h6-11,23H,2-5H2,1H3,(H,22,24). The predicted octanol–water partition coefficient (Wildman–Crippen LogP) is 4.40. The van der Waals surface area contributed by atoms with Gasteiger partial charge in [0.25, 0.3) is 0 Å². The van der Waals surface area contributed by atoms with Gasteiger partial charge in [-0.1, -0.05) is 11.8 Å². The van der Waals surface area contributed by atoms with Gasteiger partial charge in [-0.25, -0.2) is 9.97 Å². The fourth-order valence-corrected chi connectivity index (χ4v) is 5.40. The molecule has 134 valence electrons. The van der Waals surface area contributed by atoms with Gasteiger partial charge in [0.1, 0.15) is 21.9 Å². The second-order valence-corrected chi connectivity index (χ2v) is 8.78. The Morgan fingerprint density at radius 3 is 2.81 bits per heavy atom. The first-order valence-corrected chi connectivity index (χ1v) is 10.3. The van der Waals surface area contributed by atoms with Gasteiger partial charge in [0.05, 0.1) is 5.25 Å². The van der Waals surface area contributed by atoms with E-state index in [-0.39, 0.29) is 16.9 Å². The maximum atomic E-state index is 12.5. The molecule has 2 N–H and O–H groups in total. The summed E-state index contributed by atoms with van der Waals surface area (Å²) in [5.41, 5.74) is 2.05. The van der Waals surface area contributed by atoms with Crippen LogP contribution in [0.4, 0.5) is 5.69 Å². The zero-order chi connectivity index (χ0) is 18.1. The average molecular weight is 386 g/mol. The summed E-state index contributed by atoms with van der Waals surface area (Å²) in [4.78, 5) is 23.9. The van der Waals surface area contributed by atoms with Crippen molar-refractivity contribution in [3.05, 3.63) is 41.0 Å². The van der Waals surface area contributed by atoms with Crippen LogP contribution in [0, 0.1) is 0 Å². The number of phenolic OH excluding ortho intramolecular Hbond substituents is 1. The molecule has 1 unspecified atom stereocenters. The second kappa shape index (κ2) is 7.25. The molecule has 1 aromatic carbocycles. The summed E-state index contributed by atoms with van der Waals surface area (Å²) in [6.07, 6.45) is 6.23. The van der Waals surface area contributed by atoms with Crippen LogP contribution in [0.1, 0.15) is 30.2 Å². The smallest absolute Gasteiger partial charge is 0.237 e. The third-order valence-corrected chi connectivity index (χ3v) is 6.81. The van der Waals surface area contributed by atoms with Crippen LogP contribution in [0.25, 0.3) is 10.2 Å². The fraction of sp³-hybridized carbons (Fsp3) is 0.316. The lowest BCUT2D eigenvalue weighted by Crippen LogP contribution is -2.22. The highest BCUT2D eigenvalue weighted by molar-refractivity contribution is 8.00. The molecule has 0 bridgehead atoms. The number of hydrogen-bond acceptors (Lipinski definition) is 6. The first-order chi connectivity index (χ1) is 12.6. The van der Waals surface area contributed by atoms with Crippen molar-refractivity contribution in [3.63, 3.8) is 0 Å². The van der Waals surface area contributed by atoms with Crippen LogP contribution >= 0.6 is 23.1 Å². The lowest BCUT2D eigenvalue weighted by Gasteiger charge is -2.14. The van der Waals surface area contributed by atoms with E-state index in [9.17, 15) is 9.90 Å². The number of aromatic nitrogens is 2. The third-order valence-electron chi connectivity index (χ3n) is 4.51. The number of aromatic hydroxyl groups is 1. The molecule has 0 fully saturated rings. The molecule has 0 saturated carbocycles. The molecule has 1 atom stereocenters. The Kier molecular flexibility index (Phi) is 4.82. The van der Waals surface area contributed by atoms with E-state index in [1.54, 1.807) is 41.9 Å². The van der Waals surface area contributed by atoms with E-state index in [0.717, 1.165) is 28.1 Å². The Labute approximate surface area is 159 Å². The number of amides is 1. The SMILES string of the molecule is CC(Sc1ncnc2sc3c(c12)CCCC3)C(=O)Nc1ccc(O)cc1. The number of aryl methyl sites for hydroxylation is 2. The van der Waals surface area contributed by atoms with Crippen molar-refractivity contribution in [3.8, 4) is 5.75 Å². The Morgan fingerprint density at radius 1 is 1.23 bits per heavy atom. The Hall–Kier alpha value is -2.12. The predicted molar refractivity (Wildman–Crippen MR) is 106 cm³/mol. The van der Waals surface area contributed by atoms with Crippen molar-refractivity contribution in [2.75, 3.05) is 5.32 Å². The highest BCUT2D eigenvalue weighted by atomic mass is 32.2. The van der Waals surface area contributed by atoms with Gasteiger partial charge in [0.15, 0.2) is 0 Å². The van der Waals surface area contributed by atoms with Gasteiger partial charge in [-0.3, -0.25) is 4.79 Å². The molecule has 1 aliphatic rings. The number of nitrogens with one attached hydrogen (secondary N) is 1. The number of carbonyl (C=O) groups is 1. The summed E-state index contributed by atoms with van der Waals surface area (Å²) in [6.45, 7) is 1.88. The van der Waals surface area contributed by atoms with E-state index in [1.807, 2.05) is 6.92 Å². The molecule has 5 nitrogen and oxygen atoms in total. The lowest BCUT2D eigenvalue weighted by molar-refractivity contribution is -0.115. The Bertz CT molecular complexity index is 953. The molecule has 2 aromatic heterocycles. The number of rotatable bonds is 4.